The maximum atomic E-state index is 13.8. The number of hydrogen-bond donors (Lipinski definition) is 2. The average Bonchev–Trinajstić information content (AvgIpc) is 3.21. The molecule has 0 saturated carbocycles. The highest BCUT2D eigenvalue weighted by atomic mass is 19.4. The van der Waals surface area contributed by atoms with Crippen LogP contribution in [0.5, 0.6) is 0 Å². The number of hydrogen-bond acceptors (Lipinski definition) is 10. The van der Waals surface area contributed by atoms with Crippen molar-refractivity contribution in [3.8, 4) is 34.7 Å². The molecule has 0 radical (unpaired) electrons. The van der Waals surface area contributed by atoms with E-state index in [1.54, 1.807) is 6.07 Å². The van der Waals surface area contributed by atoms with Gasteiger partial charge in [0.1, 0.15) is 57.8 Å². The van der Waals surface area contributed by atoms with Crippen molar-refractivity contribution in [2.24, 2.45) is 0 Å². The largest absolute Gasteiger partial charge is 0.433 e. The van der Waals surface area contributed by atoms with Gasteiger partial charge >= 0.3 is 24.7 Å². The summed E-state index contributed by atoms with van der Waals surface area (Å²) >= 11 is 0. The van der Waals surface area contributed by atoms with Gasteiger partial charge in [0.05, 0.1) is 41.3 Å². The summed E-state index contributed by atoms with van der Waals surface area (Å²) in [5.41, 5.74) is -8.29. The third-order valence-corrected chi connectivity index (χ3v) is 8.71. The van der Waals surface area contributed by atoms with E-state index in [1.807, 2.05) is 0 Å². The monoisotopic (exact) mass is 876 g/mol. The maximum absolute atomic E-state index is 13.8. The third-order valence-electron chi connectivity index (χ3n) is 8.71. The molecule has 0 aliphatic carbocycles. The third kappa shape index (κ3) is 9.94. The van der Waals surface area contributed by atoms with Crippen LogP contribution in [0.1, 0.15) is 56.3 Å². The maximum Gasteiger partial charge on any atom is 0.433 e. The molecule has 6 aromatic rings. The van der Waals surface area contributed by atoms with Gasteiger partial charge in [-0.1, -0.05) is 24.3 Å². The van der Waals surface area contributed by atoms with Gasteiger partial charge in [-0.15, -0.1) is 0 Å². The van der Waals surface area contributed by atoms with Gasteiger partial charge in [0.2, 0.25) is 0 Å². The number of benzene rings is 1. The highest BCUT2D eigenvalue weighted by Crippen LogP contribution is 2.40. The lowest BCUT2D eigenvalue weighted by molar-refractivity contribution is -0.147. The van der Waals surface area contributed by atoms with Crippen molar-refractivity contribution in [1.29, 1.82) is 10.5 Å². The molecule has 0 saturated heterocycles. The van der Waals surface area contributed by atoms with Crippen molar-refractivity contribution in [2.45, 2.75) is 44.2 Å². The molecule has 5 heterocycles. The van der Waals surface area contributed by atoms with Crippen molar-refractivity contribution in [3.05, 3.63) is 141 Å². The Bertz CT molecular complexity index is 2700. The van der Waals surface area contributed by atoms with E-state index >= 15 is 0 Å². The smallest absolute Gasteiger partial charge is 0.363 e. The minimum absolute atomic E-state index is 0.0159. The van der Waals surface area contributed by atoms with Crippen molar-refractivity contribution in [2.75, 3.05) is 10.6 Å². The molecule has 5 aromatic heterocycles. The quantitative estimate of drug-likeness (QED) is 0.127. The lowest BCUT2D eigenvalue weighted by Gasteiger charge is -2.17. The minimum Gasteiger partial charge on any atom is -0.363 e. The number of anilines is 2. The van der Waals surface area contributed by atoms with Crippen LogP contribution in [0.25, 0.3) is 22.5 Å². The van der Waals surface area contributed by atoms with Crippen LogP contribution in [-0.2, 0) is 44.2 Å². The van der Waals surface area contributed by atoms with E-state index in [2.05, 4.69) is 40.5 Å². The Morgan fingerprint density at radius 2 is 1.10 bits per heavy atom. The molecule has 6 rings (SSSR count). The molecule has 23 heteroatoms. The van der Waals surface area contributed by atoms with E-state index in [4.69, 9.17) is 0 Å². The first kappa shape index (κ1) is 44.1. The number of aromatic nitrogens is 6. The van der Waals surface area contributed by atoms with Gasteiger partial charge < -0.3 is 10.6 Å². The second-order valence-electron chi connectivity index (χ2n) is 12.9. The Hall–Kier alpha value is -7.43. The first-order chi connectivity index (χ1) is 29.1. The van der Waals surface area contributed by atoms with Crippen LogP contribution < -0.4 is 10.6 Å². The van der Waals surface area contributed by atoms with Gasteiger partial charge in [-0.05, 0) is 47.5 Å². The van der Waals surface area contributed by atoms with Crippen LogP contribution in [0.3, 0.4) is 0 Å². The number of nitrogens with zero attached hydrogens (tertiary/aromatic N) is 8. The Morgan fingerprint density at radius 3 is 1.58 bits per heavy atom. The lowest BCUT2D eigenvalue weighted by atomic mass is 10.0. The van der Waals surface area contributed by atoms with Crippen molar-refractivity contribution in [1.82, 2.24) is 29.9 Å². The van der Waals surface area contributed by atoms with Crippen LogP contribution in [0, 0.1) is 28.5 Å². The zero-order valence-electron chi connectivity index (χ0n) is 30.6. The Balaban J connectivity index is 1.28. The molecule has 10 nitrogen and oxygen atoms in total. The van der Waals surface area contributed by atoms with E-state index in [0.29, 0.717) is 16.8 Å². The van der Waals surface area contributed by atoms with Crippen LogP contribution in [-0.4, -0.2) is 29.9 Å². The number of halogens is 13. The zero-order chi connectivity index (χ0) is 45.2. The first-order valence-corrected chi connectivity index (χ1v) is 17.2. The molecular weight excluding hydrogens is 855 g/mol. The van der Waals surface area contributed by atoms with Gasteiger partial charge in [-0.3, -0.25) is 19.9 Å². The topological polar surface area (TPSA) is 149 Å². The standard InChI is InChI=1S/C39H21F13N10/c40-21-4-2-20(3-5-21)23-7-6-22(60-29(23)17-58-34-24(14-53)26(36(41,42)43)12-31(61-34)38(47,48)49)11-19-1-8-28(57-16-19)33-30(55-9-10-56-33)18-59-35-25(15-54)27(37(44,45)46)13-32(62-35)39(50,51)52/h1-10,12-13,16H,11,17-18H2,(H,58,61)(H,59,62). The Labute approximate surface area is 339 Å². The second kappa shape index (κ2) is 16.9. The lowest BCUT2D eigenvalue weighted by Crippen LogP contribution is -2.18. The fraction of sp³-hybridized carbons (Fsp3) is 0.179. The summed E-state index contributed by atoms with van der Waals surface area (Å²) in [6.07, 6.45) is -17.5. The molecule has 0 atom stereocenters. The molecule has 0 aliphatic rings. The van der Waals surface area contributed by atoms with E-state index in [-0.39, 0.29) is 46.9 Å². The van der Waals surface area contributed by atoms with Crippen molar-refractivity contribution >= 4 is 11.6 Å². The van der Waals surface area contributed by atoms with Crippen molar-refractivity contribution < 1.29 is 57.1 Å². The summed E-state index contributed by atoms with van der Waals surface area (Å²) in [5.74, 6) is -2.64. The van der Waals surface area contributed by atoms with Crippen LogP contribution in [0.15, 0.2) is 79.3 Å². The molecule has 0 fully saturated rings. The normalized spacial score (nSPS) is 12.1. The molecule has 318 valence electrons. The number of pyridine rings is 4. The van der Waals surface area contributed by atoms with E-state index in [9.17, 15) is 67.6 Å². The van der Waals surface area contributed by atoms with E-state index < -0.39 is 88.9 Å². The van der Waals surface area contributed by atoms with Gasteiger partial charge in [0, 0.05) is 36.3 Å². The summed E-state index contributed by atoms with van der Waals surface area (Å²) < 4.78 is 177. The molecule has 0 aliphatic heterocycles. The summed E-state index contributed by atoms with van der Waals surface area (Å²) in [6, 6.07) is 12.9. The van der Waals surface area contributed by atoms with Crippen LogP contribution >= 0.6 is 0 Å². The first-order valence-electron chi connectivity index (χ1n) is 17.2. The van der Waals surface area contributed by atoms with E-state index in [1.165, 1.54) is 61.1 Å². The molecule has 0 amide bonds. The highest BCUT2D eigenvalue weighted by Gasteiger charge is 2.42. The number of rotatable bonds is 10. The van der Waals surface area contributed by atoms with Crippen LogP contribution in [0.4, 0.5) is 68.7 Å². The highest BCUT2D eigenvalue weighted by molar-refractivity contribution is 5.67. The van der Waals surface area contributed by atoms with Gasteiger partial charge in [-0.2, -0.15) is 63.2 Å². The number of nitrogens with one attached hydrogen (secondary N) is 2. The van der Waals surface area contributed by atoms with Crippen molar-refractivity contribution in [3.63, 3.8) is 0 Å². The summed E-state index contributed by atoms with van der Waals surface area (Å²) in [5, 5.41) is 23.6. The summed E-state index contributed by atoms with van der Waals surface area (Å²) in [4.78, 5) is 23.6. The molecule has 0 bridgehead atoms. The fourth-order valence-corrected chi connectivity index (χ4v) is 5.91. The second-order valence-corrected chi connectivity index (χ2v) is 12.9. The summed E-state index contributed by atoms with van der Waals surface area (Å²) in [7, 11) is 0. The summed E-state index contributed by atoms with van der Waals surface area (Å²) in [6.45, 7) is -1.12. The van der Waals surface area contributed by atoms with Crippen LogP contribution in [0.2, 0.25) is 0 Å². The number of alkyl halides is 12. The predicted octanol–water partition coefficient (Wildman–Crippen LogP) is 10.2. The van der Waals surface area contributed by atoms with E-state index in [0.717, 1.165) is 12.1 Å². The molecule has 1 aromatic carbocycles. The zero-order valence-corrected chi connectivity index (χ0v) is 30.6. The number of nitriles is 2. The minimum atomic E-state index is -5.35. The molecular formula is C39H21F13N10. The van der Waals surface area contributed by atoms with Gasteiger partial charge in [0.25, 0.3) is 0 Å². The molecule has 0 spiro atoms. The Morgan fingerprint density at radius 1 is 0.565 bits per heavy atom. The predicted molar refractivity (Wildman–Crippen MR) is 190 cm³/mol. The van der Waals surface area contributed by atoms with Gasteiger partial charge in [0.15, 0.2) is 0 Å². The molecule has 0 unspecified atom stereocenters. The van der Waals surface area contributed by atoms with Gasteiger partial charge in [-0.25, -0.2) is 14.4 Å². The average molecular weight is 877 g/mol. The fourth-order valence-electron chi connectivity index (χ4n) is 5.91. The SMILES string of the molecule is N#Cc1c(C(F)(F)F)cc(C(F)(F)F)nc1NCc1nc(Cc2ccc(-c3nccnc3CNc3nc(C(F)(F)F)cc(C(F)(F)F)c3C#N)nc2)ccc1-c1ccc(F)cc1. The molecule has 2 N–H and O–H groups in total. The Kier molecular flexibility index (Phi) is 12.0. The molecule has 62 heavy (non-hydrogen) atoms.